The van der Waals surface area contributed by atoms with E-state index >= 15 is 0 Å². The van der Waals surface area contributed by atoms with E-state index in [0.29, 0.717) is 6.10 Å². The number of hydrogen-bond acceptors (Lipinski definition) is 2. The summed E-state index contributed by atoms with van der Waals surface area (Å²) in [4.78, 5) is 0. The lowest BCUT2D eigenvalue weighted by Gasteiger charge is -2.28. The number of piperidine rings is 1. The smallest absolute Gasteiger partial charge is 0.0597 e. The van der Waals surface area contributed by atoms with E-state index in [0.717, 1.165) is 12.3 Å². The number of methoxy groups -OCH3 is 1. The fourth-order valence-electron chi connectivity index (χ4n) is 1.91. The Balaban J connectivity index is 2.30. The molecule has 0 aromatic rings. The largest absolute Gasteiger partial charge is 0.381 e. The van der Waals surface area contributed by atoms with Crippen LogP contribution in [0.1, 0.15) is 26.2 Å². The van der Waals surface area contributed by atoms with Crippen LogP contribution in [0.25, 0.3) is 0 Å². The van der Waals surface area contributed by atoms with Gasteiger partial charge in [-0.1, -0.05) is 6.92 Å². The van der Waals surface area contributed by atoms with Crippen LogP contribution in [0.5, 0.6) is 0 Å². The zero-order chi connectivity index (χ0) is 8.10. The van der Waals surface area contributed by atoms with Crippen molar-refractivity contribution >= 4 is 0 Å². The van der Waals surface area contributed by atoms with E-state index in [-0.39, 0.29) is 0 Å². The van der Waals surface area contributed by atoms with Gasteiger partial charge in [0.05, 0.1) is 6.10 Å². The van der Waals surface area contributed by atoms with Gasteiger partial charge < -0.3 is 10.1 Å². The molecule has 2 heteroatoms. The Bertz CT molecular complexity index is 95.7. The second kappa shape index (κ2) is 4.73. The molecule has 0 radical (unpaired) electrons. The maximum atomic E-state index is 5.41. The van der Waals surface area contributed by atoms with Crippen molar-refractivity contribution in [2.24, 2.45) is 5.92 Å². The van der Waals surface area contributed by atoms with Crippen LogP contribution in [0, 0.1) is 5.92 Å². The summed E-state index contributed by atoms with van der Waals surface area (Å²) in [6.45, 7) is 4.55. The van der Waals surface area contributed by atoms with Crippen molar-refractivity contribution in [3.8, 4) is 0 Å². The van der Waals surface area contributed by atoms with Crippen molar-refractivity contribution in [3.63, 3.8) is 0 Å². The highest BCUT2D eigenvalue weighted by molar-refractivity contribution is 4.74. The lowest BCUT2D eigenvalue weighted by molar-refractivity contribution is 0.0368. The summed E-state index contributed by atoms with van der Waals surface area (Å²) in [5.41, 5.74) is 0. The Hall–Kier alpha value is -0.0800. The molecule has 11 heavy (non-hydrogen) atoms. The molecule has 0 aliphatic carbocycles. The molecule has 0 aromatic carbocycles. The van der Waals surface area contributed by atoms with Gasteiger partial charge in [-0.3, -0.25) is 0 Å². The summed E-state index contributed by atoms with van der Waals surface area (Å²) in [6, 6.07) is 0. The highest BCUT2D eigenvalue weighted by atomic mass is 16.5. The zero-order valence-electron chi connectivity index (χ0n) is 7.60. The molecular formula is C9H19NO. The first-order chi connectivity index (χ1) is 5.38. The third-order valence-corrected chi connectivity index (χ3v) is 2.61. The Morgan fingerprint density at radius 2 is 2.09 bits per heavy atom. The minimum atomic E-state index is 0.497. The number of rotatable bonds is 3. The summed E-state index contributed by atoms with van der Waals surface area (Å²) < 4.78 is 5.41. The third-order valence-electron chi connectivity index (χ3n) is 2.61. The predicted molar refractivity (Wildman–Crippen MR) is 46.7 cm³/mol. The van der Waals surface area contributed by atoms with Crippen LogP contribution in [-0.4, -0.2) is 26.3 Å². The van der Waals surface area contributed by atoms with Gasteiger partial charge in [-0.2, -0.15) is 0 Å². The highest BCUT2D eigenvalue weighted by Gasteiger charge is 2.21. The first-order valence-electron chi connectivity index (χ1n) is 4.62. The van der Waals surface area contributed by atoms with Crippen LogP contribution in [0.3, 0.4) is 0 Å². The zero-order valence-corrected chi connectivity index (χ0v) is 7.60. The number of nitrogens with one attached hydrogen (secondary N) is 1. The Kier molecular flexibility index (Phi) is 3.87. The van der Waals surface area contributed by atoms with Gasteiger partial charge in [0, 0.05) is 7.11 Å². The molecule has 1 N–H and O–H groups in total. The van der Waals surface area contributed by atoms with E-state index in [1.165, 1.54) is 25.9 Å². The van der Waals surface area contributed by atoms with E-state index < -0.39 is 0 Å². The van der Waals surface area contributed by atoms with Crippen molar-refractivity contribution in [1.82, 2.24) is 5.32 Å². The molecule has 0 spiro atoms. The van der Waals surface area contributed by atoms with E-state index in [1.54, 1.807) is 0 Å². The van der Waals surface area contributed by atoms with Crippen molar-refractivity contribution in [3.05, 3.63) is 0 Å². The molecule has 1 fully saturated rings. The van der Waals surface area contributed by atoms with Gasteiger partial charge in [-0.15, -0.1) is 0 Å². The highest BCUT2D eigenvalue weighted by Crippen LogP contribution is 2.20. The van der Waals surface area contributed by atoms with Crippen molar-refractivity contribution in [1.29, 1.82) is 0 Å². The maximum Gasteiger partial charge on any atom is 0.0597 e. The normalized spacial score (nSPS) is 23.5. The Morgan fingerprint density at radius 1 is 1.45 bits per heavy atom. The molecule has 0 aromatic heterocycles. The molecule has 1 heterocycles. The SMILES string of the molecule is CC[C@H](OC)C1CCNCC1. The monoisotopic (exact) mass is 157 g/mol. The topological polar surface area (TPSA) is 21.3 Å². The summed E-state index contributed by atoms with van der Waals surface area (Å²) in [5.74, 6) is 0.797. The van der Waals surface area contributed by atoms with Crippen LogP contribution in [0.2, 0.25) is 0 Å². The molecule has 1 atom stereocenters. The van der Waals surface area contributed by atoms with Gasteiger partial charge >= 0.3 is 0 Å². The van der Waals surface area contributed by atoms with Gasteiger partial charge in [0.1, 0.15) is 0 Å². The van der Waals surface area contributed by atoms with Gasteiger partial charge in [0.15, 0.2) is 0 Å². The van der Waals surface area contributed by atoms with E-state index in [2.05, 4.69) is 12.2 Å². The molecule has 1 aliphatic heterocycles. The first kappa shape index (κ1) is 9.01. The summed E-state index contributed by atoms with van der Waals surface area (Å²) in [5, 5.41) is 3.36. The first-order valence-corrected chi connectivity index (χ1v) is 4.62. The second-order valence-corrected chi connectivity index (χ2v) is 3.27. The van der Waals surface area contributed by atoms with E-state index in [4.69, 9.17) is 4.74 Å². The molecule has 0 amide bonds. The van der Waals surface area contributed by atoms with Crippen LogP contribution in [-0.2, 0) is 4.74 Å². The van der Waals surface area contributed by atoms with Crippen molar-refractivity contribution in [2.45, 2.75) is 32.3 Å². The molecule has 0 bridgehead atoms. The molecule has 66 valence electrons. The van der Waals surface area contributed by atoms with Gasteiger partial charge in [0.2, 0.25) is 0 Å². The van der Waals surface area contributed by atoms with Gasteiger partial charge in [-0.05, 0) is 38.3 Å². The maximum absolute atomic E-state index is 5.41. The summed E-state index contributed by atoms with van der Waals surface area (Å²) in [6.07, 6.45) is 4.22. The average Bonchev–Trinajstić information content (AvgIpc) is 2.09. The molecule has 1 aliphatic rings. The van der Waals surface area contributed by atoms with Crippen molar-refractivity contribution < 1.29 is 4.74 Å². The molecule has 0 unspecified atom stereocenters. The fourth-order valence-corrected chi connectivity index (χ4v) is 1.91. The standard InChI is InChI=1S/C9H19NO/c1-3-9(11-2)8-4-6-10-7-5-8/h8-10H,3-7H2,1-2H3/t9-/m0/s1. The van der Waals surface area contributed by atoms with E-state index in [1.807, 2.05) is 7.11 Å². The van der Waals surface area contributed by atoms with Crippen LogP contribution in [0.15, 0.2) is 0 Å². The quantitative estimate of drug-likeness (QED) is 0.669. The molecular weight excluding hydrogens is 138 g/mol. The predicted octanol–water partition coefficient (Wildman–Crippen LogP) is 1.41. The van der Waals surface area contributed by atoms with Crippen LogP contribution >= 0.6 is 0 Å². The van der Waals surface area contributed by atoms with Crippen molar-refractivity contribution in [2.75, 3.05) is 20.2 Å². The van der Waals surface area contributed by atoms with Gasteiger partial charge in [0.25, 0.3) is 0 Å². The molecule has 1 saturated heterocycles. The number of ether oxygens (including phenoxy) is 1. The average molecular weight is 157 g/mol. The molecule has 1 rings (SSSR count). The lowest BCUT2D eigenvalue weighted by Crippen LogP contribution is -2.34. The van der Waals surface area contributed by atoms with Crippen LogP contribution < -0.4 is 5.32 Å². The third kappa shape index (κ3) is 2.46. The lowest BCUT2D eigenvalue weighted by atomic mass is 9.91. The minimum Gasteiger partial charge on any atom is -0.381 e. The Morgan fingerprint density at radius 3 is 2.55 bits per heavy atom. The molecule has 2 nitrogen and oxygen atoms in total. The van der Waals surface area contributed by atoms with Crippen LogP contribution in [0.4, 0.5) is 0 Å². The fraction of sp³-hybridized carbons (Fsp3) is 1.00. The van der Waals surface area contributed by atoms with E-state index in [9.17, 15) is 0 Å². The molecule has 0 saturated carbocycles. The van der Waals surface area contributed by atoms with Gasteiger partial charge in [-0.25, -0.2) is 0 Å². The summed E-state index contributed by atoms with van der Waals surface area (Å²) >= 11 is 0. The second-order valence-electron chi connectivity index (χ2n) is 3.27. The number of hydrogen-bond donors (Lipinski definition) is 1. The summed E-state index contributed by atoms with van der Waals surface area (Å²) in [7, 11) is 1.83. The Labute approximate surface area is 69.3 Å². The minimum absolute atomic E-state index is 0.497.